The molecule has 0 bridgehead atoms. The molecule has 0 saturated carbocycles. The van der Waals surface area contributed by atoms with Gasteiger partial charge in [0.2, 0.25) is 0 Å². The molecule has 3 heterocycles. The summed E-state index contributed by atoms with van der Waals surface area (Å²) in [4.78, 5) is 25.0. The molecule has 4 rings (SSSR count). The molecule has 2 aromatic heterocycles. The molecule has 2 aromatic rings. The fourth-order valence-electron chi connectivity index (χ4n) is 5.33. The Morgan fingerprint density at radius 3 is 2.47 bits per heavy atom. The monoisotopic (exact) mass is 460 g/mol. The molecular formula is C28H36N4O2. The average molecular weight is 461 g/mol. The van der Waals surface area contributed by atoms with Gasteiger partial charge in [0.05, 0.1) is 28.8 Å². The molecule has 1 fully saturated rings. The van der Waals surface area contributed by atoms with Crippen LogP contribution in [0.3, 0.4) is 0 Å². The minimum atomic E-state index is -0.331. The van der Waals surface area contributed by atoms with Crippen molar-refractivity contribution in [3.8, 4) is 12.3 Å². The number of allylic oxidation sites excluding steroid dienone is 2. The highest BCUT2D eigenvalue weighted by molar-refractivity contribution is 6.03. The van der Waals surface area contributed by atoms with Gasteiger partial charge in [-0.25, -0.2) is 4.98 Å². The van der Waals surface area contributed by atoms with Gasteiger partial charge in [-0.3, -0.25) is 9.78 Å². The van der Waals surface area contributed by atoms with Gasteiger partial charge in [0.1, 0.15) is 5.69 Å². The van der Waals surface area contributed by atoms with Crippen molar-refractivity contribution >= 4 is 17.2 Å². The van der Waals surface area contributed by atoms with Crippen LogP contribution in [0.4, 0.5) is 5.69 Å². The van der Waals surface area contributed by atoms with Crippen LogP contribution in [0.5, 0.6) is 0 Å². The van der Waals surface area contributed by atoms with Crippen molar-refractivity contribution in [1.82, 2.24) is 15.0 Å². The molecule has 0 atom stereocenters. The maximum Gasteiger partial charge on any atom is 0.291 e. The van der Waals surface area contributed by atoms with Crippen molar-refractivity contribution in [1.29, 1.82) is 0 Å². The fourth-order valence-corrected chi connectivity index (χ4v) is 5.33. The Labute approximate surface area is 203 Å². The molecule has 2 aliphatic rings. The molecule has 0 radical (unpaired) electrons. The number of anilines is 1. The van der Waals surface area contributed by atoms with Crippen LogP contribution in [0.15, 0.2) is 24.4 Å². The lowest BCUT2D eigenvalue weighted by atomic mass is 9.77. The smallest absolute Gasteiger partial charge is 0.291 e. The molecule has 6 heteroatoms. The van der Waals surface area contributed by atoms with Crippen LogP contribution in [0, 0.1) is 17.8 Å². The number of pyridine rings is 1. The lowest BCUT2D eigenvalue weighted by Crippen LogP contribution is -2.44. The second-order valence-corrected chi connectivity index (χ2v) is 11.7. The van der Waals surface area contributed by atoms with Crippen molar-refractivity contribution in [2.45, 2.75) is 90.8 Å². The highest BCUT2D eigenvalue weighted by Crippen LogP contribution is 2.44. The standard InChI is InChI=1S/C28H36N4O2/c1-8-20-17-29-24(30-20)25(33)32-22-10-9-21(19-15-27(4,5)34-28(6,7)16-19)31-23(22)18-11-13-26(2,3)14-12-18/h1,9-11,17,19H,12-16H2,2-7H3,(H,29,30)(H,32,33). The van der Waals surface area contributed by atoms with Crippen molar-refractivity contribution in [3.05, 3.63) is 47.3 Å². The van der Waals surface area contributed by atoms with E-state index in [1.165, 1.54) is 11.8 Å². The highest BCUT2D eigenvalue weighted by Gasteiger charge is 2.40. The van der Waals surface area contributed by atoms with E-state index in [-0.39, 0.29) is 34.3 Å². The van der Waals surface area contributed by atoms with E-state index in [2.05, 4.69) is 68.8 Å². The van der Waals surface area contributed by atoms with Crippen LogP contribution in [0.2, 0.25) is 0 Å². The van der Waals surface area contributed by atoms with Gasteiger partial charge < -0.3 is 15.0 Å². The van der Waals surface area contributed by atoms with Gasteiger partial charge in [0.25, 0.3) is 5.91 Å². The third-order valence-electron chi connectivity index (χ3n) is 6.83. The van der Waals surface area contributed by atoms with E-state index in [0.29, 0.717) is 11.4 Å². The molecule has 0 unspecified atom stereocenters. The number of aromatic amines is 1. The number of H-pyrrole nitrogens is 1. The van der Waals surface area contributed by atoms with Crippen LogP contribution in [-0.4, -0.2) is 32.1 Å². The first-order valence-corrected chi connectivity index (χ1v) is 12.1. The first kappa shape index (κ1) is 24.2. The molecular weight excluding hydrogens is 424 g/mol. The lowest BCUT2D eigenvalue weighted by Gasteiger charge is -2.45. The van der Waals surface area contributed by atoms with E-state index in [1.54, 1.807) is 0 Å². The Kier molecular flexibility index (Phi) is 6.20. The molecule has 1 aliphatic heterocycles. The van der Waals surface area contributed by atoms with E-state index in [9.17, 15) is 4.79 Å². The number of rotatable bonds is 4. The average Bonchev–Trinajstić information content (AvgIpc) is 3.21. The summed E-state index contributed by atoms with van der Waals surface area (Å²) in [5.74, 6) is 2.61. The van der Waals surface area contributed by atoms with Gasteiger partial charge in [-0.1, -0.05) is 25.8 Å². The van der Waals surface area contributed by atoms with E-state index in [4.69, 9.17) is 16.1 Å². The number of hydrogen-bond acceptors (Lipinski definition) is 4. The Morgan fingerprint density at radius 2 is 1.88 bits per heavy atom. The van der Waals surface area contributed by atoms with Crippen molar-refractivity contribution in [2.24, 2.45) is 5.41 Å². The fraction of sp³-hybridized carbons (Fsp3) is 0.536. The summed E-state index contributed by atoms with van der Waals surface area (Å²) in [5.41, 5.74) is 4.10. The predicted molar refractivity (Wildman–Crippen MR) is 136 cm³/mol. The summed E-state index contributed by atoms with van der Waals surface area (Å²) < 4.78 is 6.30. The van der Waals surface area contributed by atoms with Gasteiger partial charge in [-0.2, -0.15) is 0 Å². The summed E-state index contributed by atoms with van der Waals surface area (Å²) in [6.07, 6.45) is 14.0. The van der Waals surface area contributed by atoms with Gasteiger partial charge in [0.15, 0.2) is 5.82 Å². The van der Waals surface area contributed by atoms with Crippen molar-refractivity contribution < 1.29 is 9.53 Å². The molecule has 0 spiro atoms. The Bertz CT molecular complexity index is 1150. The predicted octanol–water partition coefficient (Wildman–Crippen LogP) is 6.08. The minimum absolute atomic E-state index is 0.190. The van der Waals surface area contributed by atoms with Gasteiger partial charge in [0, 0.05) is 11.6 Å². The zero-order valence-electron chi connectivity index (χ0n) is 21.2. The molecule has 180 valence electrons. The zero-order chi connectivity index (χ0) is 24.7. The number of carbonyl (C=O) groups is 1. The largest absolute Gasteiger partial charge is 0.370 e. The number of terminal acetylenes is 1. The number of hydrogen-bond donors (Lipinski definition) is 2. The molecule has 0 aromatic carbocycles. The lowest BCUT2D eigenvalue weighted by molar-refractivity contribution is -0.162. The van der Waals surface area contributed by atoms with Gasteiger partial charge in [-0.05, 0) is 82.9 Å². The zero-order valence-corrected chi connectivity index (χ0v) is 21.2. The molecule has 1 amide bonds. The number of amides is 1. The second-order valence-electron chi connectivity index (χ2n) is 11.7. The number of nitrogens with zero attached hydrogens (tertiary/aromatic N) is 2. The Balaban J connectivity index is 1.69. The summed E-state index contributed by atoms with van der Waals surface area (Å²) in [6, 6.07) is 4.03. The van der Waals surface area contributed by atoms with Gasteiger partial charge in [-0.15, -0.1) is 6.42 Å². The van der Waals surface area contributed by atoms with Crippen LogP contribution >= 0.6 is 0 Å². The first-order valence-electron chi connectivity index (χ1n) is 12.1. The van der Waals surface area contributed by atoms with E-state index < -0.39 is 0 Å². The normalized spacial score (nSPS) is 21.4. The maximum absolute atomic E-state index is 12.9. The quantitative estimate of drug-likeness (QED) is 0.542. The van der Waals surface area contributed by atoms with Crippen LogP contribution in [0.1, 0.15) is 107 Å². The summed E-state index contributed by atoms with van der Waals surface area (Å²) in [7, 11) is 0. The Hall–Kier alpha value is -2.91. The number of aromatic nitrogens is 3. The number of imidazole rings is 1. The molecule has 6 nitrogen and oxygen atoms in total. The number of nitrogens with one attached hydrogen (secondary N) is 2. The molecule has 2 N–H and O–H groups in total. The third kappa shape index (κ3) is 5.42. The van der Waals surface area contributed by atoms with Crippen LogP contribution in [-0.2, 0) is 4.74 Å². The van der Waals surface area contributed by atoms with E-state index in [0.717, 1.165) is 43.5 Å². The molecule has 34 heavy (non-hydrogen) atoms. The van der Waals surface area contributed by atoms with E-state index >= 15 is 0 Å². The summed E-state index contributed by atoms with van der Waals surface area (Å²) in [6.45, 7) is 13.2. The SMILES string of the molecule is C#Cc1cnc(C(=O)Nc2ccc(C3CC(C)(C)OC(C)(C)C3)nc2C2=CCC(C)(C)CC2)[nH]1. The van der Waals surface area contributed by atoms with Crippen molar-refractivity contribution in [3.63, 3.8) is 0 Å². The number of carbonyl (C=O) groups excluding carboxylic acids is 1. The topological polar surface area (TPSA) is 79.9 Å². The van der Waals surface area contributed by atoms with Gasteiger partial charge >= 0.3 is 0 Å². The summed E-state index contributed by atoms with van der Waals surface area (Å²) in [5, 5.41) is 3.02. The molecule has 1 saturated heterocycles. The highest BCUT2D eigenvalue weighted by atomic mass is 16.5. The van der Waals surface area contributed by atoms with E-state index in [1.807, 2.05) is 12.1 Å². The third-order valence-corrected chi connectivity index (χ3v) is 6.83. The first-order chi connectivity index (χ1) is 15.9. The summed E-state index contributed by atoms with van der Waals surface area (Å²) >= 11 is 0. The number of ether oxygens (including phenoxy) is 1. The van der Waals surface area contributed by atoms with Crippen LogP contribution < -0.4 is 5.32 Å². The van der Waals surface area contributed by atoms with Crippen molar-refractivity contribution in [2.75, 3.05) is 5.32 Å². The maximum atomic E-state index is 12.9. The second kappa shape index (κ2) is 8.70. The van der Waals surface area contributed by atoms with Crippen LogP contribution in [0.25, 0.3) is 5.57 Å². The minimum Gasteiger partial charge on any atom is -0.370 e. The molecule has 1 aliphatic carbocycles. The Morgan fingerprint density at radius 1 is 1.18 bits per heavy atom.